The second kappa shape index (κ2) is 44.8. The Bertz CT molecular complexity index is 8040. The third-order valence-corrected chi connectivity index (χ3v) is 30.4. The van der Waals surface area contributed by atoms with E-state index in [9.17, 15) is 28.4 Å². The van der Waals surface area contributed by atoms with Crippen molar-refractivity contribution in [1.82, 2.24) is 61.3 Å². The number of carbonyl (C=O) groups excluding carboxylic acids is 5. The Kier molecular flexibility index (Phi) is 30.7. The number of anilines is 10. The molecular weight excluding hydrogens is 1980 g/mol. The lowest BCUT2D eigenvalue weighted by molar-refractivity contribution is 0.0322. The number of thiophene rings is 5. The van der Waals surface area contributed by atoms with Crippen LogP contribution in [-0.4, -0.2) is 158 Å². The van der Waals surface area contributed by atoms with Gasteiger partial charge in [-0.2, -0.15) is 22.7 Å². The molecule has 1 unspecified atom stereocenters. The van der Waals surface area contributed by atoms with Crippen molar-refractivity contribution in [3.05, 3.63) is 316 Å². The van der Waals surface area contributed by atoms with Crippen LogP contribution >= 0.6 is 103 Å². The van der Waals surface area contributed by atoms with E-state index in [-0.39, 0.29) is 41.4 Å². The van der Waals surface area contributed by atoms with E-state index >= 15 is 0 Å². The molecule has 23 rings (SSSR count). The van der Waals surface area contributed by atoms with Crippen LogP contribution in [0.25, 0.3) is 106 Å². The highest BCUT2D eigenvalue weighted by atomic mass is 35.5. The minimum atomic E-state index is -0.353. The largest absolute Gasteiger partial charge is 0.492 e. The molecule has 10 N–H and O–H groups in total. The Morgan fingerprint density at radius 2 is 0.776 bits per heavy atom. The van der Waals surface area contributed by atoms with Crippen molar-refractivity contribution in [3.8, 4) is 5.75 Å². The zero-order chi connectivity index (χ0) is 98.7. The smallest absolute Gasteiger partial charge is 0.253 e. The number of nitrogens with zero attached hydrogens (tertiary/aromatic N) is 7. The molecule has 12 heterocycles. The second-order valence-electron chi connectivity index (χ2n) is 34.2. The van der Waals surface area contributed by atoms with E-state index in [0.29, 0.717) is 128 Å². The number of morpholine rings is 1. The van der Waals surface area contributed by atoms with Gasteiger partial charge in [-0.05, 0) is 181 Å². The van der Waals surface area contributed by atoms with Crippen LogP contribution in [0.1, 0.15) is 77.5 Å². The van der Waals surface area contributed by atoms with E-state index in [4.69, 9.17) is 75.8 Å². The number of para-hydroxylation sites is 9. The molecular formula is C109H94Cl4FN17O7S5. The molecule has 34 heteroatoms. The van der Waals surface area contributed by atoms with Gasteiger partial charge in [0.2, 0.25) is 0 Å². The average molecular weight is 2080 g/mol. The maximum Gasteiger partial charge on any atom is 0.253 e. The minimum absolute atomic E-state index is 0.0664. The number of amides is 5. The molecule has 722 valence electrons. The van der Waals surface area contributed by atoms with Gasteiger partial charge in [0.25, 0.3) is 29.5 Å². The number of fused-ring (bicyclic) bond motifs is 15. The monoisotopic (exact) mass is 2070 g/mol. The average Bonchev–Trinajstić information content (AvgIpc) is 1.72. The quantitative estimate of drug-likeness (QED) is 0.0302. The number of likely N-dealkylation sites (N-methyl/N-ethyl adjacent to an activating group) is 1. The predicted molar refractivity (Wildman–Crippen MR) is 590 cm³/mol. The summed E-state index contributed by atoms with van der Waals surface area (Å²) >= 11 is 33.4. The summed E-state index contributed by atoms with van der Waals surface area (Å²) in [6.07, 6.45) is 4.50. The standard InChI is InChI=1S/C25H25ClN4O3S.C24H23ClN4OS.C22H18ClN3OS.C19H14ClN3OS.C19H14FN3OS/c1-27-25(31)19-4-2-3-17-18-7-14-34-23(18)24(29-22(17)19)28-21-15-16(5-6-20(21)26)33-13-10-30-8-11-32-12-9-30;1-29-11-5-6-15(12-29)26-24(30)17-8-4-7-16-18-13-31-14-19(18)23(28-22(16)17)27-21-10-3-2-9-20(21)25;23-18-6-1-2-7-19(18)25-21-17-12-28-11-16(17)14-4-3-5-15(20(14)26-21)22(27)24-10-13-8-9-13;2*1-21-19(24)13-6-4-5-11-12-9-10-25-17(12)18(23-16(11)13)22-15-8-3-2-7-14(15)20/h2-7,14-15H,8-13H2,1H3,(H,27,31)(H,28,29);2-4,7-10,13-15H,5-6,11-12H2,1H3,(H,26,30)(H,27,28);1-7,11-13H,8-10H2,(H,24,27)(H,25,26);2*2-10H,1H3,(H,21,24)(H,22,23). The van der Waals surface area contributed by atoms with Crippen LogP contribution < -0.4 is 57.9 Å². The number of halogens is 5. The number of likely N-dealkylation sites (tertiary alicyclic amines) is 1. The van der Waals surface area contributed by atoms with Crippen LogP contribution in [0, 0.1) is 11.7 Å². The summed E-state index contributed by atoms with van der Waals surface area (Å²) in [4.78, 5) is 91.5. The van der Waals surface area contributed by atoms with E-state index in [1.807, 2.05) is 186 Å². The van der Waals surface area contributed by atoms with Crippen molar-refractivity contribution in [2.24, 2.45) is 5.92 Å². The van der Waals surface area contributed by atoms with Gasteiger partial charge in [0.15, 0.2) is 0 Å². The Balaban J connectivity index is 0.000000114. The summed E-state index contributed by atoms with van der Waals surface area (Å²) in [5, 5.41) is 59.6. The fraction of sp³-hybridized carbons (Fsp3) is 0.174. The van der Waals surface area contributed by atoms with Crippen LogP contribution in [0.4, 0.5) is 61.9 Å². The van der Waals surface area contributed by atoms with Gasteiger partial charge in [0.1, 0.15) is 47.3 Å². The summed E-state index contributed by atoms with van der Waals surface area (Å²) in [5.41, 5.74) is 9.49. The number of rotatable bonds is 22. The van der Waals surface area contributed by atoms with E-state index < -0.39 is 0 Å². The van der Waals surface area contributed by atoms with Gasteiger partial charge < -0.3 is 67.5 Å². The van der Waals surface area contributed by atoms with Gasteiger partial charge in [0.05, 0.1) is 131 Å². The minimum Gasteiger partial charge on any atom is -0.492 e. The number of benzene rings is 10. The van der Waals surface area contributed by atoms with Gasteiger partial charge in [-0.15, -0.1) is 34.0 Å². The Labute approximate surface area is 861 Å². The Hall–Kier alpha value is -13.8. The number of nitrogens with one attached hydrogen (secondary N) is 10. The molecule has 0 spiro atoms. The van der Waals surface area contributed by atoms with E-state index in [0.717, 1.165) is 167 Å². The molecule has 10 aromatic heterocycles. The molecule has 1 saturated carbocycles. The summed E-state index contributed by atoms with van der Waals surface area (Å²) in [6, 6.07) is 69.4. The number of piperidine rings is 1. The van der Waals surface area contributed by atoms with E-state index in [2.05, 4.69) is 109 Å². The third-order valence-electron chi connectivity index (χ3n) is 24.8. The van der Waals surface area contributed by atoms with Gasteiger partial charge >= 0.3 is 0 Å². The van der Waals surface area contributed by atoms with Crippen molar-refractivity contribution in [2.75, 3.05) is 114 Å². The topological polar surface area (TPSA) is 295 Å². The van der Waals surface area contributed by atoms with Gasteiger partial charge in [-0.3, -0.25) is 28.9 Å². The van der Waals surface area contributed by atoms with Crippen molar-refractivity contribution in [3.63, 3.8) is 0 Å². The fourth-order valence-corrected chi connectivity index (χ4v) is 22.3. The fourth-order valence-electron chi connectivity index (χ4n) is 17.4. The highest BCUT2D eigenvalue weighted by Crippen LogP contribution is 2.45. The zero-order valence-corrected chi connectivity index (χ0v) is 84.8. The first kappa shape index (κ1) is 98.0. The summed E-state index contributed by atoms with van der Waals surface area (Å²) < 4.78 is 28.4. The summed E-state index contributed by atoms with van der Waals surface area (Å²) in [7, 11) is 6.92. The third kappa shape index (κ3) is 21.9. The predicted octanol–water partition coefficient (Wildman–Crippen LogP) is 26.5. The lowest BCUT2D eigenvalue weighted by Gasteiger charge is -2.30. The Morgan fingerprint density at radius 3 is 1.20 bits per heavy atom. The number of carbonyl (C=O) groups is 5. The van der Waals surface area contributed by atoms with Gasteiger partial charge in [-0.1, -0.05) is 156 Å². The number of hydrogen-bond acceptors (Lipinski definition) is 24. The zero-order valence-electron chi connectivity index (χ0n) is 77.7. The molecule has 0 radical (unpaired) electrons. The van der Waals surface area contributed by atoms with Crippen molar-refractivity contribution in [1.29, 1.82) is 0 Å². The number of pyridine rings is 5. The molecule has 3 fully saturated rings. The lowest BCUT2D eigenvalue weighted by Crippen LogP contribution is -2.46. The summed E-state index contributed by atoms with van der Waals surface area (Å²) in [5.74, 6) is 3.64. The van der Waals surface area contributed by atoms with Crippen LogP contribution in [-0.2, 0) is 4.74 Å². The van der Waals surface area contributed by atoms with Crippen molar-refractivity contribution in [2.45, 2.75) is 31.7 Å². The number of aromatic nitrogens is 5. The molecule has 0 bridgehead atoms. The lowest BCUT2D eigenvalue weighted by atomic mass is 10.0. The maximum absolute atomic E-state index is 14.0. The molecule has 2 aliphatic heterocycles. The molecule has 24 nitrogen and oxygen atoms in total. The first-order valence-electron chi connectivity index (χ1n) is 46.3. The van der Waals surface area contributed by atoms with Crippen molar-refractivity contribution >= 4 is 296 Å². The second-order valence-corrected chi connectivity index (χ2v) is 40.0. The number of ether oxygens (including phenoxy) is 2. The maximum atomic E-state index is 14.0. The molecule has 143 heavy (non-hydrogen) atoms. The number of hydrogen-bond donors (Lipinski definition) is 10. The SMILES string of the molecule is CN1CCCC(NC(=O)c2cccc3c2nc(Nc2ccccc2Cl)c2cscc23)C1.CNC(=O)c1cccc2c1nc(Nc1cc(OCCN3CCOCC3)ccc1Cl)c1sccc12.CNC(=O)c1cccc2c1nc(Nc1ccccc1Cl)c1sccc12.CNC(=O)c1cccc2c1nc(Nc1ccccc1F)c1sccc12.O=C(NCC1CC1)c1cccc2c1nc(Nc1ccccc1Cl)c1cscc12. The molecule has 3 aliphatic rings. The first-order chi connectivity index (χ1) is 69.8. The highest BCUT2D eigenvalue weighted by molar-refractivity contribution is 7.18. The molecule has 2 saturated heterocycles. The van der Waals surface area contributed by atoms with Crippen LogP contribution in [0.5, 0.6) is 5.75 Å². The molecule has 1 atom stereocenters. The molecule has 1 aliphatic carbocycles. The van der Waals surface area contributed by atoms with Gasteiger partial charge in [-0.25, -0.2) is 29.3 Å². The van der Waals surface area contributed by atoms with Crippen molar-refractivity contribution < 1.29 is 37.8 Å². The Morgan fingerprint density at radius 1 is 0.399 bits per heavy atom. The van der Waals surface area contributed by atoms with Gasteiger partial charge in [0, 0.05) is 141 Å². The molecule has 20 aromatic rings. The summed E-state index contributed by atoms with van der Waals surface area (Å²) in [6.45, 7) is 7.52. The van der Waals surface area contributed by atoms with E-state index in [1.54, 1.807) is 103 Å². The van der Waals surface area contributed by atoms with Crippen LogP contribution in [0.15, 0.2) is 262 Å². The van der Waals surface area contributed by atoms with Crippen LogP contribution in [0.3, 0.4) is 0 Å². The molecule has 5 amide bonds. The first-order valence-corrected chi connectivity index (χ1v) is 52.3. The highest BCUT2D eigenvalue weighted by Gasteiger charge is 2.28. The normalized spacial score (nSPS) is 13.7. The van der Waals surface area contributed by atoms with E-state index in [1.165, 1.54) is 30.2 Å². The van der Waals surface area contributed by atoms with Crippen LogP contribution in [0.2, 0.25) is 20.1 Å². The molecule has 10 aromatic carbocycles.